The van der Waals surface area contributed by atoms with Crippen LogP contribution in [0, 0.1) is 6.92 Å². The van der Waals surface area contributed by atoms with Crippen LogP contribution in [-0.4, -0.2) is 6.01 Å². The molecule has 1 aliphatic rings. The Bertz CT molecular complexity index is 333. The molecule has 1 aliphatic heterocycles. The van der Waals surface area contributed by atoms with Gasteiger partial charge in [-0.1, -0.05) is 6.07 Å². The molecule has 0 amide bonds. The number of benzene rings is 1. The molecule has 2 nitrogen and oxygen atoms in total. The zero-order chi connectivity index (χ0) is 6.97. The maximum absolute atomic E-state index is 3.97. The third-order valence-corrected chi connectivity index (χ3v) is 1.54. The van der Waals surface area contributed by atoms with Crippen molar-refractivity contribution in [1.29, 1.82) is 0 Å². The first-order valence-electron chi connectivity index (χ1n) is 3.13. The Labute approximate surface area is 58.9 Å². The smallest absolute Gasteiger partial charge is 0.100 e. The minimum Gasteiger partial charge on any atom is -0.187 e. The predicted molar refractivity (Wildman–Crippen MR) is 40.4 cm³/mol. The van der Waals surface area contributed by atoms with E-state index in [4.69, 9.17) is 0 Å². The summed E-state index contributed by atoms with van der Waals surface area (Å²) in [5, 5.41) is 0. The third-order valence-electron chi connectivity index (χ3n) is 1.54. The van der Waals surface area contributed by atoms with Crippen molar-refractivity contribution in [1.82, 2.24) is 0 Å². The highest BCUT2D eigenvalue weighted by Gasteiger charge is 1.99. The van der Waals surface area contributed by atoms with Crippen molar-refractivity contribution >= 4 is 17.4 Å². The highest BCUT2D eigenvalue weighted by Crippen LogP contribution is 2.26. The number of aliphatic imine (C=N–C) groups is 2. The first-order chi connectivity index (χ1) is 4.86. The van der Waals surface area contributed by atoms with Gasteiger partial charge in [-0.2, -0.15) is 9.98 Å². The van der Waals surface area contributed by atoms with Crippen molar-refractivity contribution in [2.24, 2.45) is 9.98 Å². The Morgan fingerprint density at radius 2 is 2.20 bits per heavy atom. The molecule has 1 aromatic rings. The van der Waals surface area contributed by atoms with Gasteiger partial charge in [-0.05, 0) is 24.6 Å². The zero-order valence-corrected chi connectivity index (χ0v) is 5.63. The monoisotopic (exact) mass is 130 g/mol. The third kappa shape index (κ3) is 0.668. The van der Waals surface area contributed by atoms with Gasteiger partial charge < -0.3 is 0 Å². The van der Waals surface area contributed by atoms with Gasteiger partial charge in [0, 0.05) is 0 Å². The molecule has 2 bridgehead atoms. The Balaban J connectivity index is 2.78. The molecule has 0 N–H and O–H groups in total. The second-order valence-electron chi connectivity index (χ2n) is 2.29. The van der Waals surface area contributed by atoms with Crippen molar-refractivity contribution in [3.05, 3.63) is 23.8 Å². The summed E-state index contributed by atoms with van der Waals surface area (Å²) in [6, 6.07) is 8.51. The lowest BCUT2D eigenvalue weighted by molar-refractivity contribution is 1.36. The minimum absolute atomic E-state index is 0.940. The van der Waals surface area contributed by atoms with Crippen molar-refractivity contribution in [2.75, 3.05) is 0 Å². The van der Waals surface area contributed by atoms with Crippen LogP contribution in [0.15, 0.2) is 28.2 Å². The average molecular weight is 130 g/mol. The Morgan fingerprint density at radius 1 is 1.30 bits per heavy atom. The molecule has 0 saturated carbocycles. The maximum Gasteiger partial charge on any atom is 0.100 e. The van der Waals surface area contributed by atoms with Gasteiger partial charge in [0.25, 0.3) is 0 Å². The fourth-order valence-corrected chi connectivity index (χ4v) is 0.924. The largest absolute Gasteiger partial charge is 0.187 e. The number of aryl methyl sites for hydroxylation is 1. The normalized spacial score (nSPS) is 12.1. The molecular weight excluding hydrogens is 124 g/mol. The van der Waals surface area contributed by atoms with Crippen LogP contribution in [0.25, 0.3) is 0 Å². The summed E-state index contributed by atoms with van der Waals surface area (Å²) in [6.07, 6.45) is 0. The Hall–Kier alpha value is -1.40. The lowest BCUT2D eigenvalue weighted by atomic mass is 10.2. The molecule has 0 spiro atoms. The molecule has 1 aromatic carbocycles. The molecule has 48 valence electrons. The van der Waals surface area contributed by atoms with Crippen LogP contribution >= 0.6 is 0 Å². The number of nitrogens with zero attached hydrogens (tertiary/aromatic N) is 2. The number of rotatable bonds is 0. The topological polar surface area (TPSA) is 24.7 Å². The van der Waals surface area contributed by atoms with Crippen molar-refractivity contribution in [3.63, 3.8) is 0 Å². The van der Waals surface area contributed by atoms with Gasteiger partial charge in [0.15, 0.2) is 0 Å². The first-order valence-corrected chi connectivity index (χ1v) is 3.13. The van der Waals surface area contributed by atoms with Gasteiger partial charge in [0.05, 0.1) is 11.4 Å². The van der Waals surface area contributed by atoms with E-state index in [1.54, 1.807) is 0 Å². The van der Waals surface area contributed by atoms with E-state index in [1.807, 2.05) is 25.1 Å². The second kappa shape index (κ2) is 1.79. The van der Waals surface area contributed by atoms with Crippen LogP contribution in [0.5, 0.6) is 0 Å². The fraction of sp³-hybridized carbons (Fsp3) is 0.125. The lowest BCUT2D eigenvalue weighted by Crippen LogP contribution is -1.76. The highest BCUT2D eigenvalue weighted by atomic mass is 14.8. The molecule has 0 aromatic heterocycles. The summed E-state index contributed by atoms with van der Waals surface area (Å²) in [6.45, 7) is 2.02. The Kier molecular flexibility index (Phi) is 0.965. The molecule has 0 unspecified atom stereocenters. The van der Waals surface area contributed by atoms with Gasteiger partial charge in [0.1, 0.15) is 6.01 Å². The summed E-state index contributed by atoms with van der Waals surface area (Å²) in [7, 11) is 0. The van der Waals surface area contributed by atoms with Crippen LogP contribution in [0.1, 0.15) is 5.56 Å². The van der Waals surface area contributed by atoms with E-state index in [0.29, 0.717) is 0 Å². The van der Waals surface area contributed by atoms with E-state index < -0.39 is 0 Å². The summed E-state index contributed by atoms with van der Waals surface area (Å²) >= 11 is 0. The van der Waals surface area contributed by atoms with Crippen molar-refractivity contribution in [2.45, 2.75) is 6.92 Å². The van der Waals surface area contributed by atoms with E-state index in [1.165, 1.54) is 5.56 Å². The van der Waals surface area contributed by atoms with Crippen LogP contribution in [0.2, 0.25) is 0 Å². The van der Waals surface area contributed by atoms with Crippen LogP contribution in [0.4, 0.5) is 11.4 Å². The molecule has 0 atom stereocenters. The first kappa shape index (κ1) is 5.39. The molecule has 2 heteroatoms. The second-order valence-corrected chi connectivity index (χ2v) is 2.29. The molecule has 0 saturated heterocycles. The van der Waals surface area contributed by atoms with Gasteiger partial charge in [-0.3, -0.25) is 0 Å². The zero-order valence-electron chi connectivity index (χ0n) is 5.63. The van der Waals surface area contributed by atoms with Crippen molar-refractivity contribution < 1.29 is 0 Å². The van der Waals surface area contributed by atoms with E-state index in [0.717, 1.165) is 11.4 Å². The SMILES string of the molecule is Cc1ccc2cc1N=C=N2. The molecular formula is C8H6N2. The minimum atomic E-state index is 0.940. The Morgan fingerprint density at radius 3 is 3.00 bits per heavy atom. The van der Waals surface area contributed by atoms with Gasteiger partial charge in [-0.15, -0.1) is 0 Å². The van der Waals surface area contributed by atoms with Crippen molar-refractivity contribution in [3.8, 4) is 0 Å². The average Bonchev–Trinajstić information content (AvgIpc) is 1.99. The van der Waals surface area contributed by atoms with Crippen LogP contribution in [-0.2, 0) is 0 Å². The summed E-state index contributed by atoms with van der Waals surface area (Å²) < 4.78 is 0. The van der Waals surface area contributed by atoms with E-state index >= 15 is 0 Å². The molecule has 0 fully saturated rings. The summed E-state index contributed by atoms with van der Waals surface area (Å²) in [4.78, 5) is 7.87. The van der Waals surface area contributed by atoms with Gasteiger partial charge in [-0.25, -0.2) is 0 Å². The van der Waals surface area contributed by atoms with E-state index in [2.05, 4.69) is 16.0 Å². The molecule has 10 heavy (non-hydrogen) atoms. The standard InChI is InChI=1S/C8H6N2/c1-6-2-3-7-4-8(6)10-5-9-7/h2-4H,1H3. The number of hydrogen-bond acceptors (Lipinski definition) is 2. The number of fused-ring (bicyclic) bond motifs is 2. The fourth-order valence-electron chi connectivity index (χ4n) is 0.924. The van der Waals surface area contributed by atoms with E-state index in [-0.39, 0.29) is 0 Å². The summed E-state index contributed by atoms with van der Waals surface area (Å²) in [5.41, 5.74) is 3.09. The lowest BCUT2D eigenvalue weighted by Gasteiger charge is -2.00. The summed E-state index contributed by atoms with van der Waals surface area (Å²) in [5.74, 6) is 0. The molecule has 2 rings (SSSR count). The highest BCUT2D eigenvalue weighted by molar-refractivity contribution is 5.68. The quantitative estimate of drug-likeness (QED) is 0.523. The van der Waals surface area contributed by atoms with E-state index in [9.17, 15) is 0 Å². The van der Waals surface area contributed by atoms with Gasteiger partial charge >= 0.3 is 0 Å². The molecule has 0 aliphatic carbocycles. The predicted octanol–water partition coefficient (Wildman–Crippen LogP) is 2.45. The van der Waals surface area contributed by atoms with Crippen LogP contribution in [0.3, 0.4) is 0 Å². The molecule has 1 heterocycles. The maximum atomic E-state index is 3.97. The van der Waals surface area contributed by atoms with Gasteiger partial charge in [0.2, 0.25) is 0 Å². The van der Waals surface area contributed by atoms with Crippen LogP contribution < -0.4 is 0 Å². The molecule has 0 radical (unpaired) electrons. The number of hydrogen-bond donors (Lipinski definition) is 0.